The van der Waals surface area contributed by atoms with Crippen LogP contribution in [0.4, 0.5) is 0 Å². The van der Waals surface area contributed by atoms with E-state index in [0.717, 1.165) is 5.56 Å². The van der Waals surface area contributed by atoms with Gasteiger partial charge in [-0.2, -0.15) is 4.98 Å². The molecule has 162 valence electrons. The van der Waals surface area contributed by atoms with Crippen LogP contribution in [0.25, 0.3) is 11.4 Å². The molecule has 1 atom stereocenters. The number of carbonyl (C=O) groups is 2. The van der Waals surface area contributed by atoms with Crippen molar-refractivity contribution in [1.29, 1.82) is 0 Å². The number of nitrogens with zero attached hydrogens (tertiary/aromatic N) is 3. The minimum Gasteiger partial charge on any atom is -0.497 e. The van der Waals surface area contributed by atoms with Gasteiger partial charge in [0.25, 0.3) is 5.91 Å². The fourth-order valence-electron chi connectivity index (χ4n) is 3.60. The predicted molar refractivity (Wildman–Crippen MR) is 110 cm³/mol. The summed E-state index contributed by atoms with van der Waals surface area (Å²) in [7, 11) is 1.59. The minimum atomic E-state index is -0.426. The summed E-state index contributed by atoms with van der Waals surface area (Å²) < 4.78 is 15.6. The molecule has 4 rings (SSSR count). The molecule has 1 saturated heterocycles. The summed E-state index contributed by atoms with van der Waals surface area (Å²) in [6, 6.07) is 8.58. The van der Waals surface area contributed by atoms with Gasteiger partial charge in [0, 0.05) is 24.6 Å². The molecule has 1 aliphatic heterocycles. The van der Waals surface area contributed by atoms with Gasteiger partial charge in [-0.05, 0) is 38.0 Å². The molecule has 1 N–H and O–H groups in total. The van der Waals surface area contributed by atoms with Crippen molar-refractivity contribution in [3.05, 3.63) is 54.3 Å². The number of amides is 2. The SMILES string of the molecule is COc1cccc(-c2noc([C@@H](C)NC(=O)C3CCN(C(=O)c4ccoc4)CC3)n2)c1. The highest BCUT2D eigenvalue weighted by Gasteiger charge is 2.29. The number of furan rings is 1. The maximum absolute atomic E-state index is 12.7. The summed E-state index contributed by atoms with van der Waals surface area (Å²) in [6.07, 6.45) is 4.11. The van der Waals surface area contributed by atoms with E-state index in [1.807, 2.05) is 24.3 Å². The number of methoxy groups -OCH3 is 1. The van der Waals surface area contributed by atoms with Crippen LogP contribution in [0.2, 0.25) is 0 Å². The molecule has 1 fully saturated rings. The zero-order valence-corrected chi connectivity index (χ0v) is 17.4. The van der Waals surface area contributed by atoms with Crippen molar-refractivity contribution >= 4 is 11.8 Å². The number of hydrogen-bond acceptors (Lipinski definition) is 7. The van der Waals surface area contributed by atoms with Gasteiger partial charge in [0.2, 0.25) is 17.6 Å². The third kappa shape index (κ3) is 4.60. The number of nitrogens with one attached hydrogen (secondary N) is 1. The van der Waals surface area contributed by atoms with Crippen LogP contribution in [-0.2, 0) is 4.79 Å². The van der Waals surface area contributed by atoms with Gasteiger partial charge in [0.05, 0.1) is 18.9 Å². The lowest BCUT2D eigenvalue weighted by molar-refractivity contribution is -0.127. The number of ether oxygens (including phenoxy) is 1. The fraction of sp³-hybridized carbons (Fsp3) is 0.364. The van der Waals surface area contributed by atoms with Gasteiger partial charge in [-0.3, -0.25) is 9.59 Å². The molecule has 2 amide bonds. The highest BCUT2D eigenvalue weighted by atomic mass is 16.5. The quantitative estimate of drug-likeness (QED) is 0.647. The molecule has 9 heteroatoms. The normalized spacial score (nSPS) is 15.5. The Morgan fingerprint density at radius 1 is 1.26 bits per heavy atom. The zero-order chi connectivity index (χ0) is 21.8. The summed E-state index contributed by atoms with van der Waals surface area (Å²) in [5, 5.41) is 6.96. The third-order valence-electron chi connectivity index (χ3n) is 5.42. The van der Waals surface area contributed by atoms with Crippen LogP contribution >= 0.6 is 0 Å². The number of hydrogen-bond donors (Lipinski definition) is 1. The van der Waals surface area contributed by atoms with Crippen molar-refractivity contribution in [3.8, 4) is 17.1 Å². The lowest BCUT2D eigenvalue weighted by Crippen LogP contribution is -2.43. The summed E-state index contributed by atoms with van der Waals surface area (Å²) in [6.45, 7) is 2.85. The third-order valence-corrected chi connectivity index (χ3v) is 5.42. The van der Waals surface area contributed by atoms with E-state index in [1.54, 1.807) is 25.0 Å². The van der Waals surface area contributed by atoms with Crippen molar-refractivity contribution in [1.82, 2.24) is 20.4 Å². The van der Waals surface area contributed by atoms with Crippen molar-refractivity contribution in [2.75, 3.05) is 20.2 Å². The summed E-state index contributed by atoms with van der Waals surface area (Å²) in [5.41, 5.74) is 1.29. The van der Waals surface area contributed by atoms with E-state index >= 15 is 0 Å². The van der Waals surface area contributed by atoms with E-state index in [-0.39, 0.29) is 17.7 Å². The molecule has 3 aromatic rings. The van der Waals surface area contributed by atoms with Gasteiger partial charge in [-0.25, -0.2) is 0 Å². The lowest BCUT2D eigenvalue weighted by atomic mass is 9.95. The Kier molecular flexibility index (Phi) is 6.01. The van der Waals surface area contributed by atoms with Crippen LogP contribution in [0.15, 0.2) is 51.8 Å². The van der Waals surface area contributed by atoms with Gasteiger partial charge in [0.1, 0.15) is 18.1 Å². The molecule has 2 aromatic heterocycles. The van der Waals surface area contributed by atoms with Gasteiger partial charge < -0.3 is 23.9 Å². The molecule has 3 heterocycles. The summed E-state index contributed by atoms with van der Waals surface area (Å²) in [4.78, 5) is 31.3. The molecule has 0 saturated carbocycles. The second kappa shape index (κ2) is 9.03. The molecule has 1 aliphatic rings. The van der Waals surface area contributed by atoms with Crippen molar-refractivity contribution in [2.24, 2.45) is 5.92 Å². The highest BCUT2D eigenvalue weighted by molar-refractivity contribution is 5.94. The van der Waals surface area contributed by atoms with E-state index in [4.69, 9.17) is 13.7 Å². The average Bonchev–Trinajstić information content (AvgIpc) is 3.51. The summed E-state index contributed by atoms with van der Waals surface area (Å²) >= 11 is 0. The average molecular weight is 424 g/mol. The predicted octanol–water partition coefficient (Wildman–Crippen LogP) is 3.07. The second-order valence-electron chi connectivity index (χ2n) is 7.50. The van der Waals surface area contributed by atoms with Gasteiger partial charge >= 0.3 is 0 Å². The fourth-order valence-corrected chi connectivity index (χ4v) is 3.60. The van der Waals surface area contributed by atoms with Crippen molar-refractivity contribution in [2.45, 2.75) is 25.8 Å². The molecule has 9 nitrogen and oxygen atoms in total. The van der Waals surface area contributed by atoms with Gasteiger partial charge in [-0.1, -0.05) is 17.3 Å². The highest BCUT2D eigenvalue weighted by Crippen LogP contribution is 2.24. The topological polar surface area (TPSA) is 111 Å². The second-order valence-corrected chi connectivity index (χ2v) is 7.50. The van der Waals surface area contributed by atoms with E-state index < -0.39 is 6.04 Å². The van der Waals surface area contributed by atoms with Crippen molar-refractivity contribution < 1.29 is 23.3 Å². The molecule has 1 aromatic carbocycles. The van der Waals surface area contributed by atoms with E-state index in [2.05, 4.69) is 15.5 Å². The molecule has 0 unspecified atom stereocenters. The number of benzene rings is 1. The standard InChI is InChI=1S/C22H24N4O5/c1-14(21-24-19(25-31-21)16-4-3-5-18(12-16)29-2)23-20(27)15-6-9-26(10-7-15)22(28)17-8-11-30-13-17/h3-5,8,11-15H,6-7,9-10H2,1-2H3,(H,23,27)/t14-/m1/s1. The Bertz CT molecular complexity index is 1040. The van der Waals surface area contributed by atoms with Crippen LogP contribution in [0.5, 0.6) is 5.75 Å². The summed E-state index contributed by atoms with van der Waals surface area (Å²) in [5.74, 6) is 1.14. The van der Waals surface area contributed by atoms with Crippen LogP contribution in [-0.4, -0.2) is 47.1 Å². The first kappa shape index (κ1) is 20.6. The molecule has 0 spiro atoms. The smallest absolute Gasteiger partial charge is 0.257 e. The lowest BCUT2D eigenvalue weighted by Gasteiger charge is -2.31. The largest absolute Gasteiger partial charge is 0.497 e. The maximum Gasteiger partial charge on any atom is 0.257 e. The zero-order valence-electron chi connectivity index (χ0n) is 17.4. The molecular weight excluding hydrogens is 400 g/mol. The molecular formula is C22H24N4O5. The molecule has 31 heavy (non-hydrogen) atoms. The van der Waals surface area contributed by atoms with Crippen molar-refractivity contribution in [3.63, 3.8) is 0 Å². The maximum atomic E-state index is 12.7. The number of carbonyl (C=O) groups excluding carboxylic acids is 2. The Balaban J connectivity index is 1.32. The van der Waals surface area contributed by atoms with E-state index in [9.17, 15) is 9.59 Å². The van der Waals surface area contributed by atoms with E-state index in [1.165, 1.54) is 12.5 Å². The molecule has 0 aliphatic carbocycles. The van der Waals surface area contributed by atoms with E-state index in [0.29, 0.717) is 49.0 Å². The first-order valence-corrected chi connectivity index (χ1v) is 10.1. The number of aromatic nitrogens is 2. The van der Waals surface area contributed by atoms with Crippen LogP contribution in [0, 0.1) is 5.92 Å². The first-order chi connectivity index (χ1) is 15.0. The molecule has 0 bridgehead atoms. The Morgan fingerprint density at radius 3 is 2.77 bits per heavy atom. The van der Waals surface area contributed by atoms with Crippen LogP contribution in [0.1, 0.15) is 42.1 Å². The minimum absolute atomic E-state index is 0.0723. The number of likely N-dealkylation sites (tertiary alicyclic amines) is 1. The first-order valence-electron chi connectivity index (χ1n) is 10.1. The van der Waals surface area contributed by atoms with Crippen LogP contribution < -0.4 is 10.1 Å². The van der Waals surface area contributed by atoms with Gasteiger partial charge in [0.15, 0.2) is 0 Å². The Labute approximate surface area is 179 Å². The molecule has 0 radical (unpaired) electrons. The number of rotatable bonds is 6. The Hall–Kier alpha value is -3.62. The Morgan fingerprint density at radius 2 is 2.06 bits per heavy atom. The van der Waals surface area contributed by atoms with Crippen LogP contribution in [0.3, 0.4) is 0 Å². The monoisotopic (exact) mass is 424 g/mol. The van der Waals surface area contributed by atoms with Gasteiger partial charge in [-0.15, -0.1) is 0 Å². The number of piperidine rings is 1.